The molecule has 0 amide bonds. The number of benzene rings is 1. The molecule has 9 nitrogen and oxygen atoms in total. The summed E-state index contributed by atoms with van der Waals surface area (Å²) in [5.74, 6) is 1.05. The van der Waals surface area contributed by atoms with Gasteiger partial charge in [0.1, 0.15) is 0 Å². The first-order valence-corrected chi connectivity index (χ1v) is 12.0. The van der Waals surface area contributed by atoms with E-state index in [0.717, 1.165) is 43.9 Å². The number of ether oxygens (including phenoxy) is 1. The molecule has 2 saturated heterocycles. The first-order valence-electron chi connectivity index (χ1n) is 11.6. The number of anilines is 2. The molecule has 2 fully saturated rings. The van der Waals surface area contributed by atoms with E-state index in [4.69, 9.17) is 22.1 Å². The van der Waals surface area contributed by atoms with Crippen molar-refractivity contribution in [2.75, 3.05) is 36.9 Å². The van der Waals surface area contributed by atoms with Gasteiger partial charge in [0.25, 0.3) is 0 Å². The largest absolute Gasteiger partial charge is 0.373 e. The van der Waals surface area contributed by atoms with E-state index in [1.54, 1.807) is 0 Å². The van der Waals surface area contributed by atoms with Gasteiger partial charge in [0.15, 0.2) is 0 Å². The van der Waals surface area contributed by atoms with Crippen LogP contribution in [0.25, 0.3) is 0 Å². The highest BCUT2D eigenvalue weighted by Crippen LogP contribution is 2.29. The standard InChI is InChI=1S/C23H31ClN8O/c1-16(32-10-2-9-26-32)21-14-31(20(15-33-21)13-17-3-5-18(24)6-4-17)19-7-11-30(12-8-19)23-27-22(25)28-29-23/h2-6,9-10,16,19-21H,7-8,11-15H2,1H3,(H3,25,27,28,29)/t16?,20-,21+/m0/s1. The van der Waals surface area contributed by atoms with Crippen molar-refractivity contribution < 1.29 is 4.74 Å². The van der Waals surface area contributed by atoms with Gasteiger partial charge in [0, 0.05) is 49.1 Å². The molecule has 33 heavy (non-hydrogen) atoms. The van der Waals surface area contributed by atoms with E-state index in [9.17, 15) is 0 Å². The number of nitrogens with zero attached hydrogens (tertiary/aromatic N) is 6. The number of aromatic amines is 1. The van der Waals surface area contributed by atoms with Crippen LogP contribution in [-0.4, -0.2) is 74.3 Å². The van der Waals surface area contributed by atoms with Crippen molar-refractivity contribution in [2.24, 2.45) is 0 Å². The third-order valence-electron chi connectivity index (χ3n) is 6.93. The van der Waals surface area contributed by atoms with Gasteiger partial charge in [-0.3, -0.25) is 9.58 Å². The molecular weight excluding hydrogens is 440 g/mol. The fourth-order valence-corrected chi connectivity index (χ4v) is 5.17. The fourth-order valence-electron chi connectivity index (χ4n) is 5.04. The van der Waals surface area contributed by atoms with Gasteiger partial charge in [0.2, 0.25) is 11.9 Å². The Labute approximate surface area is 198 Å². The van der Waals surface area contributed by atoms with Crippen LogP contribution in [0.15, 0.2) is 42.7 Å². The summed E-state index contributed by atoms with van der Waals surface area (Å²) in [6.07, 6.45) is 6.98. The van der Waals surface area contributed by atoms with E-state index in [1.165, 1.54) is 5.56 Å². The minimum absolute atomic E-state index is 0.0946. The van der Waals surface area contributed by atoms with Gasteiger partial charge in [-0.05, 0) is 49.9 Å². The number of piperidine rings is 1. The van der Waals surface area contributed by atoms with Crippen LogP contribution in [0.4, 0.5) is 11.9 Å². The predicted octanol–water partition coefficient (Wildman–Crippen LogP) is 2.78. The van der Waals surface area contributed by atoms with Gasteiger partial charge in [0.05, 0.1) is 18.8 Å². The van der Waals surface area contributed by atoms with Crippen LogP contribution in [-0.2, 0) is 11.2 Å². The second-order valence-corrected chi connectivity index (χ2v) is 9.45. The predicted molar refractivity (Wildman–Crippen MR) is 128 cm³/mol. The Morgan fingerprint density at radius 1 is 1.24 bits per heavy atom. The quantitative estimate of drug-likeness (QED) is 0.571. The van der Waals surface area contributed by atoms with Crippen molar-refractivity contribution in [1.29, 1.82) is 0 Å². The van der Waals surface area contributed by atoms with Crippen molar-refractivity contribution in [2.45, 2.75) is 50.4 Å². The van der Waals surface area contributed by atoms with Crippen LogP contribution < -0.4 is 10.6 Å². The number of aromatic nitrogens is 5. The summed E-state index contributed by atoms with van der Waals surface area (Å²) in [5, 5.41) is 12.2. The smallest absolute Gasteiger partial charge is 0.246 e. The summed E-state index contributed by atoms with van der Waals surface area (Å²) in [7, 11) is 0. The van der Waals surface area contributed by atoms with E-state index in [1.807, 2.05) is 35.3 Å². The molecule has 2 aliphatic rings. The Hall–Kier alpha value is -2.62. The molecule has 0 saturated carbocycles. The number of hydrogen-bond donors (Lipinski definition) is 2. The van der Waals surface area contributed by atoms with Crippen LogP contribution in [0.2, 0.25) is 5.02 Å². The lowest BCUT2D eigenvalue weighted by Crippen LogP contribution is -2.58. The molecule has 10 heteroatoms. The highest BCUT2D eigenvalue weighted by molar-refractivity contribution is 6.30. The van der Waals surface area contributed by atoms with Crippen LogP contribution in [0.1, 0.15) is 31.4 Å². The summed E-state index contributed by atoms with van der Waals surface area (Å²) in [4.78, 5) is 9.18. The van der Waals surface area contributed by atoms with Crippen LogP contribution >= 0.6 is 11.6 Å². The number of nitrogens with one attached hydrogen (secondary N) is 1. The molecule has 0 radical (unpaired) electrons. The van der Waals surface area contributed by atoms with Gasteiger partial charge >= 0.3 is 0 Å². The maximum Gasteiger partial charge on any atom is 0.246 e. The number of nitrogen functional groups attached to an aromatic ring is 1. The number of morpholine rings is 1. The Morgan fingerprint density at radius 3 is 2.70 bits per heavy atom. The van der Waals surface area contributed by atoms with E-state index in [2.05, 4.69) is 49.1 Å². The molecule has 4 heterocycles. The molecule has 3 aromatic rings. The lowest BCUT2D eigenvalue weighted by Gasteiger charge is -2.47. The van der Waals surface area contributed by atoms with Gasteiger partial charge in [-0.2, -0.15) is 10.1 Å². The van der Waals surface area contributed by atoms with Crippen molar-refractivity contribution in [1.82, 2.24) is 29.9 Å². The number of rotatable bonds is 6. The lowest BCUT2D eigenvalue weighted by atomic mass is 9.95. The van der Waals surface area contributed by atoms with E-state index in [-0.39, 0.29) is 12.1 Å². The Kier molecular flexibility index (Phi) is 6.52. The molecule has 0 bridgehead atoms. The summed E-state index contributed by atoms with van der Waals surface area (Å²) >= 11 is 6.11. The fraction of sp³-hybridized carbons (Fsp3) is 0.522. The zero-order chi connectivity index (χ0) is 22.8. The van der Waals surface area contributed by atoms with Crippen molar-refractivity contribution in [3.63, 3.8) is 0 Å². The van der Waals surface area contributed by atoms with Crippen molar-refractivity contribution in [3.05, 3.63) is 53.3 Å². The summed E-state index contributed by atoms with van der Waals surface area (Å²) in [6.45, 7) is 5.60. The monoisotopic (exact) mass is 470 g/mol. The van der Waals surface area contributed by atoms with Crippen molar-refractivity contribution >= 4 is 23.5 Å². The molecule has 5 rings (SSSR count). The number of H-pyrrole nitrogens is 1. The summed E-state index contributed by atoms with van der Waals surface area (Å²) < 4.78 is 8.41. The molecule has 0 spiro atoms. The highest BCUT2D eigenvalue weighted by Gasteiger charge is 2.38. The Morgan fingerprint density at radius 2 is 2.03 bits per heavy atom. The molecular formula is C23H31ClN8O. The molecule has 1 unspecified atom stereocenters. The lowest BCUT2D eigenvalue weighted by molar-refractivity contribution is -0.0992. The maximum absolute atomic E-state index is 6.41. The van der Waals surface area contributed by atoms with Gasteiger partial charge in [-0.25, -0.2) is 5.10 Å². The summed E-state index contributed by atoms with van der Waals surface area (Å²) in [5.41, 5.74) is 7.00. The second-order valence-electron chi connectivity index (χ2n) is 9.02. The topological polar surface area (TPSA) is 101 Å². The number of halogens is 1. The summed E-state index contributed by atoms with van der Waals surface area (Å²) in [6, 6.07) is 11.1. The first kappa shape index (κ1) is 22.2. The van der Waals surface area contributed by atoms with Crippen LogP contribution in [0.3, 0.4) is 0 Å². The molecule has 2 aromatic heterocycles. The van der Waals surface area contributed by atoms with Gasteiger partial charge in [-0.1, -0.05) is 23.7 Å². The average Bonchev–Trinajstić information content (AvgIpc) is 3.53. The van der Waals surface area contributed by atoms with Gasteiger partial charge < -0.3 is 15.4 Å². The maximum atomic E-state index is 6.41. The second kappa shape index (κ2) is 9.70. The molecule has 176 valence electrons. The number of nitrogens with two attached hydrogens (primary N) is 1. The van der Waals surface area contributed by atoms with Crippen LogP contribution in [0, 0.1) is 0 Å². The van der Waals surface area contributed by atoms with E-state index >= 15 is 0 Å². The zero-order valence-corrected chi connectivity index (χ0v) is 19.6. The van der Waals surface area contributed by atoms with Gasteiger partial charge in [-0.15, -0.1) is 5.10 Å². The Balaban J connectivity index is 1.30. The molecule has 3 atom stereocenters. The molecule has 3 N–H and O–H groups in total. The number of hydrogen-bond acceptors (Lipinski definition) is 7. The zero-order valence-electron chi connectivity index (χ0n) is 18.8. The van der Waals surface area contributed by atoms with Crippen LogP contribution in [0.5, 0.6) is 0 Å². The normalized spacial score (nSPS) is 23.6. The first-order chi connectivity index (χ1) is 16.1. The third-order valence-corrected chi connectivity index (χ3v) is 7.19. The molecule has 0 aliphatic carbocycles. The molecule has 1 aromatic carbocycles. The Bertz CT molecular complexity index is 1020. The third kappa shape index (κ3) is 5.00. The molecule has 2 aliphatic heterocycles. The van der Waals surface area contributed by atoms with Crippen molar-refractivity contribution in [3.8, 4) is 0 Å². The minimum Gasteiger partial charge on any atom is -0.373 e. The highest BCUT2D eigenvalue weighted by atomic mass is 35.5. The SMILES string of the molecule is CC([C@H]1CN(C2CCN(c3n[nH]c(N)n3)CC2)[C@@H](Cc2ccc(Cl)cc2)CO1)n1cccn1. The van der Waals surface area contributed by atoms with E-state index in [0.29, 0.717) is 30.6 Å². The average molecular weight is 471 g/mol. The minimum atomic E-state index is 0.0946. The van der Waals surface area contributed by atoms with E-state index < -0.39 is 0 Å².